The Labute approximate surface area is 198 Å². The first-order chi connectivity index (χ1) is 16.7. The van der Waals surface area contributed by atoms with Crippen LogP contribution in [0, 0.1) is 0 Å². The number of morpholine rings is 1. The number of anilines is 2. The van der Waals surface area contributed by atoms with Crippen LogP contribution in [-0.4, -0.2) is 60.7 Å². The van der Waals surface area contributed by atoms with Crippen molar-refractivity contribution in [1.82, 2.24) is 9.88 Å². The first-order valence-electron chi connectivity index (χ1n) is 11.7. The lowest BCUT2D eigenvalue weighted by Crippen LogP contribution is -2.40. The van der Waals surface area contributed by atoms with E-state index in [1.165, 1.54) is 0 Å². The van der Waals surface area contributed by atoms with Crippen LogP contribution >= 0.6 is 0 Å². The summed E-state index contributed by atoms with van der Waals surface area (Å²) in [5, 5.41) is 7.12. The predicted octanol–water partition coefficient (Wildman–Crippen LogP) is 3.44. The van der Waals surface area contributed by atoms with Crippen molar-refractivity contribution in [3.8, 4) is 0 Å². The lowest BCUT2D eigenvalue weighted by atomic mass is 10.1. The third-order valence-corrected chi connectivity index (χ3v) is 6.14. The van der Waals surface area contributed by atoms with Crippen LogP contribution in [0.3, 0.4) is 0 Å². The highest BCUT2D eigenvalue weighted by molar-refractivity contribution is 6.07. The molecule has 176 valence electrons. The van der Waals surface area contributed by atoms with Gasteiger partial charge in [0.2, 0.25) is 0 Å². The van der Waals surface area contributed by atoms with Crippen LogP contribution in [0.5, 0.6) is 0 Å². The van der Waals surface area contributed by atoms with Gasteiger partial charge in [0.05, 0.1) is 24.3 Å². The van der Waals surface area contributed by atoms with Crippen molar-refractivity contribution in [3.63, 3.8) is 0 Å². The number of ether oxygens (including phenoxy) is 2. The minimum atomic E-state index is -0.369. The van der Waals surface area contributed by atoms with E-state index in [4.69, 9.17) is 14.5 Å². The lowest BCUT2D eigenvalue weighted by molar-refractivity contribution is -0.124. The monoisotopic (exact) mass is 460 g/mol. The molecule has 2 aromatic carbocycles. The maximum Gasteiger partial charge on any atom is 0.254 e. The molecular formula is C26H28N4O4. The van der Waals surface area contributed by atoms with E-state index in [9.17, 15) is 9.59 Å². The zero-order valence-corrected chi connectivity index (χ0v) is 19.0. The molecule has 0 saturated carbocycles. The summed E-state index contributed by atoms with van der Waals surface area (Å²) in [5.74, 6) is 0.512. The highest BCUT2D eigenvalue weighted by Gasteiger charge is 2.24. The SMILES string of the molecule is O=C(Nc1cccc(CNc2cc(C(=O)N3CCOCC3)c3ccccc3n2)c1)C1CCCO1. The second kappa shape index (κ2) is 10.2. The molecule has 2 N–H and O–H groups in total. The van der Waals surface area contributed by atoms with Gasteiger partial charge < -0.3 is 25.0 Å². The molecule has 2 fully saturated rings. The third kappa shape index (κ3) is 5.03. The number of nitrogens with one attached hydrogen (secondary N) is 2. The molecular weight excluding hydrogens is 432 g/mol. The predicted molar refractivity (Wildman–Crippen MR) is 130 cm³/mol. The maximum atomic E-state index is 13.3. The Kier molecular flexibility index (Phi) is 6.69. The molecule has 1 aromatic heterocycles. The summed E-state index contributed by atoms with van der Waals surface area (Å²) in [5.41, 5.74) is 3.12. The maximum absolute atomic E-state index is 13.3. The number of fused-ring (bicyclic) bond motifs is 1. The number of hydrogen-bond acceptors (Lipinski definition) is 6. The standard InChI is InChI=1S/C26H28N4O4/c31-25(23-9-4-12-34-23)28-19-6-3-5-18(15-19)17-27-24-16-21(20-7-1-2-8-22(20)29-24)26(32)30-10-13-33-14-11-30/h1-3,5-8,15-16,23H,4,9-14,17H2,(H,27,29)(H,28,31). The summed E-state index contributed by atoms with van der Waals surface area (Å²) >= 11 is 0. The van der Waals surface area contributed by atoms with Crippen LogP contribution in [0.1, 0.15) is 28.8 Å². The fourth-order valence-corrected chi connectivity index (χ4v) is 4.34. The largest absolute Gasteiger partial charge is 0.378 e. The number of benzene rings is 2. The molecule has 3 heterocycles. The van der Waals surface area contributed by atoms with Gasteiger partial charge in [-0.15, -0.1) is 0 Å². The van der Waals surface area contributed by atoms with Crippen LogP contribution in [0.15, 0.2) is 54.6 Å². The Hall–Kier alpha value is -3.49. The molecule has 0 aliphatic carbocycles. The Morgan fingerprint density at radius 1 is 1.03 bits per heavy atom. The van der Waals surface area contributed by atoms with Crippen molar-refractivity contribution >= 4 is 34.2 Å². The van der Waals surface area contributed by atoms with Crippen molar-refractivity contribution in [2.24, 2.45) is 0 Å². The molecule has 0 radical (unpaired) electrons. The minimum Gasteiger partial charge on any atom is -0.378 e. The highest BCUT2D eigenvalue weighted by atomic mass is 16.5. The third-order valence-electron chi connectivity index (χ3n) is 6.14. The van der Waals surface area contributed by atoms with Crippen molar-refractivity contribution in [2.75, 3.05) is 43.5 Å². The Balaban J connectivity index is 1.32. The second-order valence-electron chi connectivity index (χ2n) is 8.52. The molecule has 1 atom stereocenters. The molecule has 5 rings (SSSR count). The molecule has 2 aliphatic rings. The van der Waals surface area contributed by atoms with Gasteiger partial charge in [-0.05, 0) is 42.7 Å². The van der Waals surface area contributed by atoms with E-state index in [0.29, 0.717) is 50.8 Å². The van der Waals surface area contributed by atoms with E-state index >= 15 is 0 Å². The number of rotatable bonds is 6. The minimum absolute atomic E-state index is 0.0104. The van der Waals surface area contributed by atoms with Gasteiger partial charge >= 0.3 is 0 Å². The molecule has 0 bridgehead atoms. The molecule has 2 amide bonds. The number of amides is 2. The molecule has 34 heavy (non-hydrogen) atoms. The number of para-hydroxylation sites is 1. The van der Waals surface area contributed by atoms with Gasteiger partial charge in [-0.3, -0.25) is 9.59 Å². The average molecular weight is 461 g/mol. The summed E-state index contributed by atoms with van der Waals surface area (Å²) in [4.78, 5) is 32.2. The zero-order valence-electron chi connectivity index (χ0n) is 19.0. The van der Waals surface area contributed by atoms with Crippen LogP contribution in [0.25, 0.3) is 10.9 Å². The molecule has 2 saturated heterocycles. The normalized spacial score (nSPS) is 18.1. The van der Waals surface area contributed by atoms with Gasteiger partial charge in [-0.1, -0.05) is 30.3 Å². The summed E-state index contributed by atoms with van der Waals surface area (Å²) in [6.45, 7) is 3.42. The fourth-order valence-electron chi connectivity index (χ4n) is 4.34. The summed E-state index contributed by atoms with van der Waals surface area (Å²) in [6, 6.07) is 17.2. The molecule has 3 aromatic rings. The van der Waals surface area contributed by atoms with Crippen LogP contribution in [-0.2, 0) is 20.8 Å². The topological polar surface area (TPSA) is 92.8 Å². The van der Waals surface area contributed by atoms with E-state index < -0.39 is 0 Å². The molecule has 8 nitrogen and oxygen atoms in total. The Morgan fingerprint density at radius 2 is 1.88 bits per heavy atom. The van der Waals surface area contributed by atoms with Gasteiger partial charge in [-0.25, -0.2) is 4.98 Å². The average Bonchev–Trinajstić information content (AvgIpc) is 3.43. The molecule has 0 spiro atoms. The van der Waals surface area contributed by atoms with Gasteiger partial charge in [0.1, 0.15) is 11.9 Å². The van der Waals surface area contributed by atoms with Crippen molar-refractivity contribution in [3.05, 3.63) is 65.7 Å². The Morgan fingerprint density at radius 3 is 2.71 bits per heavy atom. The number of carbonyl (C=O) groups excluding carboxylic acids is 2. The van der Waals surface area contributed by atoms with Gasteiger partial charge in [0.15, 0.2) is 0 Å². The lowest BCUT2D eigenvalue weighted by Gasteiger charge is -2.27. The van der Waals surface area contributed by atoms with Crippen molar-refractivity contribution in [1.29, 1.82) is 0 Å². The van der Waals surface area contributed by atoms with Crippen LogP contribution in [0.4, 0.5) is 11.5 Å². The van der Waals surface area contributed by atoms with Gasteiger partial charge in [0, 0.05) is 37.3 Å². The molecule has 8 heteroatoms. The van der Waals surface area contributed by atoms with Gasteiger partial charge in [0.25, 0.3) is 11.8 Å². The summed E-state index contributed by atoms with van der Waals surface area (Å²) in [6.07, 6.45) is 1.30. The summed E-state index contributed by atoms with van der Waals surface area (Å²) < 4.78 is 10.9. The van der Waals surface area contributed by atoms with Crippen LogP contribution in [0.2, 0.25) is 0 Å². The highest BCUT2D eigenvalue weighted by Crippen LogP contribution is 2.24. The molecule has 2 aliphatic heterocycles. The number of aromatic nitrogens is 1. The van der Waals surface area contributed by atoms with Crippen molar-refractivity contribution < 1.29 is 19.1 Å². The number of nitrogens with zero attached hydrogens (tertiary/aromatic N) is 2. The first-order valence-corrected chi connectivity index (χ1v) is 11.7. The van der Waals surface area contributed by atoms with E-state index in [1.807, 2.05) is 59.5 Å². The first kappa shape index (κ1) is 22.3. The van der Waals surface area contributed by atoms with E-state index in [2.05, 4.69) is 10.6 Å². The van der Waals surface area contributed by atoms with E-state index in [-0.39, 0.29) is 17.9 Å². The van der Waals surface area contributed by atoms with Crippen molar-refractivity contribution in [2.45, 2.75) is 25.5 Å². The summed E-state index contributed by atoms with van der Waals surface area (Å²) in [7, 11) is 0. The van der Waals surface area contributed by atoms with E-state index in [1.54, 1.807) is 0 Å². The Bertz CT molecular complexity index is 1190. The number of hydrogen-bond donors (Lipinski definition) is 2. The van der Waals surface area contributed by atoms with E-state index in [0.717, 1.165) is 35.0 Å². The number of pyridine rings is 1. The smallest absolute Gasteiger partial charge is 0.254 e. The van der Waals surface area contributed by atoms with Gasteiger partial charge in [-0.2, -0.15) is 0 Å². The second-order valence-corrected chi connectivity index (χ2v) is 8.52. The quantitative estimate of drug-likeness (QED) is 0.586. The number of carbonyl (C=O) groups is 2. The van der Waals surface area contributed by atoms with Crippen LogP contribution < -0.4 is 10.6 Å². The molecule has 1 unspecified atom stereocenters. The zero-order chi connectivity index (χ0) is 23.3. The fraction of sp³-hybridized carbons (Fsp3) is 0.346.